The van der Waals surface area contributed by atoms with Gasteiger partial charge in [-0.25, -0.2) is 4.79 Å². The first-order valence-electron chi connectivity index (χ1n) is 8.43. The molecule has 0 bridgehead atoms. The van der Waals surface area contributed by atoms with Crippen LogP contribution in [-0.4, -0.2) is 34.3 Å². The van der Waals surface area contributed by atoms with Gasteiger partial charge in [-0.2, -0.15) is 4.98 Å². The van der Waals surface area contributed by atoms with E-state index in [1.165, 1.54) is 0 Å². The third-order valence-corrected chi connectivity index (χ3v) is 4.52. The van der Waals surface area contributed by atoms with E-state index in [-0.39, 0.29) is 5.92 Å². The van der Waals surface area contributed by atoms with Gasteiger partial charge in [-0.1, -0.05) is 26.0 Å². The minimum atomic E-state index is -0.871. The van der Waals surface area contributed by atoms with Crippen LogP contribution in [0.15, 0.2) is 28.8 Å². The van der Waals surface area contributed by atoms with Crippen molar-refractivity contribution < 1.29 is 14.4 Å². The second-order valence-corrected chi connectivity index (χ2v) is 6.73. The highest BCUT2D eigenvalue weighted by Gasteiger charge is 2.23. The summed E-state index contributed by atoms with van der Waals surface area (Å²) in [6, 6.07) is 7.24. The van der Waals surface area contributed by atoms with Crippen molar-refractivity contribution in [1.82, 2.24) is 10.1 Å². The number of nitrogens with zero attached hydrogens (tertiary/aromatic N) is 3. The molecule has 0 aliphatic carbocycles. The second-order valence-electron chi connectivity index (χ2n) is 6.73. The van der Waals surface area contributed by atoms with E-state index in [2.05, 4.69) is 15.0 Å². The summed E-state index contributed by atoms with van der Waals surface area (Å²) in [5.41, 5.74) is 1.45. The largest absolute Gasteiger partial charge is 0.478 e. The van der Waals surface area contributed by atoms with E-state index in [1.807, 2.05) is 26.0 Å². The number of carbonyl (C=O) groups is 1. The lowest BCUT2D eigenvalue weighted by atomic mass is 9.90. The van der Waals surface area contributed by atoms with Crippen LogP contribution in [0.1, 0.15) is 54.4 Å². The van der Waals surface area contributed by atoms with Crippen LogP contribution in [-0.2, 0) is 6.42 Å². The number of anilines is 1. The first kappa shape index (κ1) is 16.5. The molecular weight excluding hydrogens is 306 g/mol. The van der Waals surface area contributed by atoms with Crippen LogP contribution in [0.2, 0.25) is 0 Å². The molecule has 1 N–H and O–H groups in total. The normalized spacial score (nSPS) is 15.9. The lowest BCUT2D eigenvalue weighted by Crippen LogP contribution is -2.35. The lowest BCUT2D eigenvalue weighted by Gasteiger charge is -2.31. The van der Waals surface area contributed by atoms with Gasteiger partial charge < -0.3 is 14.5 Å². The summed E-state index contributed by atoms with van der Waals surface area (Å²) in [6.07, 6.45) is 3.00. The number of hydrogen-bond donors (Lipinski definition) is 1. The van der Waals surface area contributed by atoms with Gasteiger partial charge in [0.25, 0.3) is 5.95 Å². The summed E-state index contributed by atoms with van der Waals surface area (Å²) in [6.45, 7) is 5.88. The van der Waals surface area contributed by atoms with Gasteiger partial charge in [0, 0.05) is 19.0 Å². The Bertz CT molecular complexity index is 703. The molecule has 3 rings (SSSR count). The number of carboxylic acid groups (broad SMARTS) is 1. The number of rotatable bonds is 5. The molecule has 2 heterocycles. The maximum Gasteiger partial charge on any atom is 0.335 e. The number of hydrogen-bond acceptors (Lipinski definition) is 5. The Hall–Kier alpha value is -2.37. The van der Waals surface area contributed by atoms with E-state index in [0.29, 0.717) is 23.3 Å². The Morgan fingerprint density at radius 3 is 2.75 bits per heavy atom. The molecule has 1 aromatic heterocycles. The molecule has 1 aromatic carbocycles. The molecule has 0 radical (unpaired) electrons. The quantitative estimate of drug-likeness (QED) is 0.906. The number of aromatic carboxylic acids is 1. The number of carboxylic acids is 1. The van der Waals surface area contributed by atoms with Gasteiger partial charge in [0.05, 0.1) is 5.56 Å². The average molecular weight is 329 g/mol. The van der Waals surface area contributed by atoms with Gasteiger partial charge in [-0.15, -0.1) is 0 Å². The monoisotopic (exact) mass is 329 g/mol. The average Bonchev–Trinajstić information content (AvgIpc) is 3.06. The fraction of sp³-hybridized carbons (Fsp3) is 0.500. The van der Waals surface area contributed by atoms with E-state index in [9.17, 15) is 4.79 Å². The van der Waals surface area contributed by atoms with E-state index in [0.717, 1.165) is 37.9 Å². The smallest absolute Gasteiger partial charge is 0.335 e. The van der Waals surface area contributed by atoms with E-state index in [1.54, 1.807) is 12.1 Å². The van der Waals surface area contributed by atoms with Gasteiger partial charge in [0.1, 0.15) is 0 Å². The van der Waals surface area contributed by atoms with Crippen molar-refractivity contribution in [3.8, 4) is 0 Å². The summed E-state index contributed by atoms with van der Waals surface area (Å²) < 4.78 is 5.28. The van der Waals surface area contributed by atoms with E-state index >= 15 is 0 Å². The molecule has 0 unspecified atom stereocenters. The Kier molecular flexibility index (Phi) is 4.83. The molecule has 1 saturated heterocycles. The Morgan fingerprint density at radius 1 is 1.38 bits per heavy atom. The van der Waals surface area contributed by atoms with Gasteiger partial charge in [0.2, 0.25) is 5.89 Å². The highest BCUT2D eigenvalue weighted by molar-refractivity contribution is 5.87. The highest BCUT2D eigenvalue weighted by Crippen LogP contribution is 2.25. The topological polar surface area (TPSA) is 79.5 Å². The van der Waals surface area contributed by atoms with Crippen molar-refractivity contribution in [3.05, 3.63) is 41.3 Å². The third kappa shape index (κ3) is 3.75. The Labute approximate surface area is 141 Å². The molecule has 0 spiro atoms. The standard InChI is InChI=1S/C18H23N3O3/c1-12(2)16-19-18(20-24-16)21-8-6-13(7-9-21)10-14-4-3-5-15(11-14)17(22)23/h3-5,11-13H,6-10H2,1-2H3,(H,22,23). The van der Waals surface area contributed by atoms with E-state index in [4.69, 9.17) is 9.63 Å². The first-order valence-corrected chi connectivity index (χ1v) is 8.43. The first-order chi connectivity index (χ1) is 11.5. The highest BCUT2D eigenvalue weighted by atomic mass is 16.5. The number of piperidine rings is 1. The van der Waals surface area contributed by atoms with Gasteiger partial charge in [-0.3, -0.25) is 0 Å². The Balaban J connectivity index is 1.57. The van der Waals surface area contributed by atoms with Crippen molar-refractivity contribution in [3.63, 3.8) is 0 Å². The summed E-state index contributed by atoms with van der Waals surface area (Å²) in [5.74, 6) is 1.29. The van der Waals surface area contributed by atoms with Crippen molar-refractivity contribution in [2.75, 3.05) is 18.0 Å². The molecule has 24 heavy (non-hydrogen) atoms. The molecule has 1 aliphatic heterocycles. The molecule has 1 fully saturated rings. The molecule has 128 valence electrons. The molecule has 6 heteroatoms. The summed E-state index contributed by atoms with van der Waals surface area (Å²) >= 11 is 0. The second kappa shape index (κ2) is 7.03. The molecule has 0 atom stereocenters. The SMILES string of the molecule is CC(C)c1nc(N2CCC(Cc3cccc(C(=O)O)c3)CC2)no1. The number of aromatic nitrogens is 2. The van der Waals surface area contributed by atoms with Crippen LogP contribution in [0.5, 0.6) is 0 Å². The minimum Gasteiger partial charge on any atom is -0.478 e. The zero-order valence-corrected chi connectivity index (χ0v) is 14.1. The van der Waals surface area contributed by atoms with Crippen molar-refractivity contribution in [1.29, 1.82) is 0 Å². The molecule has 0 amide bonds. The van der Waals surface area contributed by atoms with Crippen molar-refractivity contribution in [2.45, 2.75) is 39.0 Å². The number of benzene rings is 1. The summed E-state index contributed by atoms with van der Waals surface area (Å²) in [5, 5.41) is 13.2. The van der Waals surface area contributed by atoms with Crippen molar-refractivity contribution in [2.24, 2.45) is 5.92 Å². The van der Waals surface area contributed by atoms with Crippen LogP contribution in [0.4, 0.5) is 5.95 Å². The molecular formula is C18H23N3O3. The van der Waals surface area contributed by atoms with Gasteiger partial charge in [0.15, 0.2) is 0 Å². The predicted octanol–water partition coefficient (Wildman–Crippen LogP) is 3.35. The Morgan fingerprint density at radius 2 is 2.12 bits per heavy atom. The molecule has 0 saturated carbocycles. The lowest BCUT2D eigenvalue weighted by molar-refractivity contribution is 0.0696. The fourth-order valence-electron chi connectivity index (χ4n) is 3.09. The maximum atomic E-state index is 11.1. The van der Waals surface area contributed by atoms with Crippen LogP contribution in [0.3, 0.4) is 0 Å². The summed E-state index contributed by atoms with van der Waals surface area (Å²) in [4.78, 5) is 17.7. The fourth-order valence-corrected chi connectivity index (χ4v) is 3.09. The van der Waals surface area contributed by atoms with Crippen LogP contribution in [0.25, 0.3) is 0 Å². The zero-order chi connectivity index (χ0) is 17.1. The van der Waals surface area contributed by atoms with Gasteiger partial charge in [-0.05, 0) is 48.0 Å². The molecule has 2 aromatic rings. The van der Waals surface area contributed by atoms with Gasteiger partial charge >= 0.3 is 5.97 Å². The maximum absolute atomic E-state index is 11.1. The van der Waals surface area contributed by atoms with Crippen LogP contribution < -0.4 is 4.90 Å². The van der Waals surface area contributed by atoms with Crippen LogP contribution in [0, 0.1) is 5.92 Å². The molecule has 6 nitrogen and oxygen atoms in total. The van der Waals surface area contributed by atoms with E-state index < -0.39 is 5.97 Å². The zero-order valence-electron chi connectivity index (χ0n) is 14.1. The third-order valence-electron chi connectivity index (χ3n) is 4.52. The minimum absolute atomic E-state index is 0.241. The summed E-state index contributed by atoms with van der Waals surface area (Å²) in [7, 11) is 0. The molecule has 1 aliphatic rings. The predicted molar refractivity (Wildman–Crippen MR) is 90.4 cm³/mol. The van der Waals surface area contributed by atoms with Crippen molar-refractivity contribution >= 4 is 11.9 Å². The van der Waals surface area contributed by atoms with Crippen LogP contribution >= 0.6 is 0 Å².